The number of pyridine rings is 1. The van der Waals surface area contributed by atoms with Crippen LogP contribution in [0.2, 0.25) is 5.02 Å². The average molecular weight is 353 g/mol. The van der Waals surface area contributed by atoms with Gasteiger partial charge in [0.15, 0.2) is 0 Å². The molecule has 1 amide bonds. The van der Waals surface area contributed by atoms with Gasteiger partial charge in [-0.15, -0.1) is 0 Å². The molecule has 2 N–H and O–H groups in total. The van der Waals surface area contributed by atoms with Crippen LogP contribution >= 0.6 is 11.6 Å². The molecule has 0 aliphatic heterocycles. The van der Waals surface area contributed by atoms with Gasteiger partial charge in [0.2, 0.25) is 0 Å². The number of aromatic amines is 1. The van der Waals surface area contributed by atoms with E-state index in [4.69, 9.17) is 11.6 Å². The quantitative estimate of drug-likeness (QED) is 0.877. The maximum atomic E-state index is 12.3. The smallest absolute Gasteiger partial charge is 0.266 e. The Hall–Kier alpha value is -2.12. The van der Waals surface area contributed by atoms with Crippen molar-refractivity contribution in [2.45, 2.75) is 24.2 Å². The third-order valence-electron chi connectivity index (χ3n) is 3.73. The average Bonchev–Trinajstić information content (AvgIpc) is 2.97. The summed E-state index contributed by atoms with van der Waals surface area (Å²) in [7, 11) is -3.99. The van der Waals surface area contributed by atoms with E-state index < -0.39 is 21.5 Å². The summed E-state index contributed by atoms with van der Waals surface area (Å²) in [5.41, 5.74) is 1.54. The monoisotopic (exact) mass is 352 g/mol. The fraction of sp³-hybridized carbons (Fsp3) is 0.200. The Morgan fingerprint density at radius 3 is 2.65 bits per heavy atom. The Bertz CT molecular complexity index is 950. The van der Waals surface area contributed by atoms with Gasteiger partial charge in [-0.1, -0.05) is 17.7 Å². The molecule has 0 fully saturated rings. The maximum absolute atomic E-state index is 12.3. The fourth-order valence-corrected chi connectivity index (χ4v) is 3.74. The molecule has 1 heterocycles. The number of H-pyrrole nitrogens is 1. The Morgan fingerprint density at radius 2 is 1.91 bits per heavy atom. The van der Waals surface area contributed by atoms with Crippen molar-refractivity contribution >= 4 is 27.5 Å². The number of sulfonamides is 1. The van der Waals surface area contributed by atoms with E-state index in [0.29, 0.717) is 0 Å². The number of carbonyl (C=O) groups excluding carboxylic acids is 1. The summed E-state index contributed by atoms with van der Waals surface area (Å²) in [6.45, 7) is 0. The molecule has 1 aromatic heterocycles. The van der Waals surface area contributed by atoms with Gasteiger partial charge in [-0.3, -0.25) is 9.59 Å². The summed E-state index contributed by atoms with van der Waals surface area (Å²) in [5, 5.41) is -0.187. The standard InChI is InChI=1S/C15H13ClN2O4S/c16-13-7-11(8-17-15(13)20)14(19)18-23(21,22)12-5-4-9-2-1-3-10(9)6-12/h4-8H,1-3H2,(H,17,20)(H,18,19). The van der Waals surface area contributed by atoms with Crippen LogP contribution in [0.15, 0.2) is 40.2 Å². The summed E-state index contributed by atoms with van der Waals surface area (Å²) in [4.78, 5) is 25.5. The maximum Gasteiger partial charge on any atom is 0.266 e. The summed E-state index contributed by atoms with van der Waals surface area (Å²) in [5.74, 6) is -0.858. The molecule has 1 aliphatic rings. The molecule has 0 saturated heterocycles. The predicted molar refractivity (Wildman–Crippen MR) is 85.2 cm³/mol. The van der Waals surface area contributed by atoms with E-state index in [1.54, 1.807) is 12.1 Å². The highest BCUT2D eigenvalue weighted by Crippen LogP contribution is 2.24. The minimum Gasteiger partial charge on any atom is -0.327 e. The lowest BCUT2D eigenvalue weighted by Crippen LogP contribution is -2.31. The molecule has 1 aliphatic carbocycles. The molecular weight excluding hydrogens is 340 g/mol. The lowest BCUT2D eigenvalue weighted by Gasteiger charge is -2.08. The molecule has 6 nitrogen and oxygen atoms in total. The number of hydrogen-bond acceptors (Lipinski definition) is 4. The van der Waals surface area contributed by atoms with Crippen LogP contribution in [0.1, 0.15) is 27.9 Å². The number of hydrogen-bond donors (Lipinski definition) is 2. The van der Waals surface area contributed by atoms with Gasteiger partial charge in [-0.2, -0.15) is 0 Å². The van der Waals surface area contributed by atoms with E-state index in [9.17, 15) is 18.0 Å². The van der Waals surface area contributed by atoms with Crippen molar-refractivity contribution in [3.05, 3.63) is 62.5 Å². The largest absolute Gasteiger partial charge is 0.327 e. The first-order valence-electron chi connectivity index (χ1n) is 6.94. The van der Waals surface area contributed by atoms with Gasteiger partial charge in [0, 0.05) is 6.20 Å². The second-order valence-corrected chi connectivity index (χ2v) is 7.37. The van der Waals surface area contributed by atoms with Gasteiger partial charge in [-0.05, 0) is 48.6 Å². The van der Waals surface area contributed by atoms with Crippen molar-refractivity contribution < 1.29 is 13.2 Å². The van der Waals surface area contributed by atoms with E-state index in [2.05, 4.69) is 4.98 Å². The molecule has 2 aromatic rings. The molecule has 1 aromatic carbocycles. The van der Waals surface area contributed by atoms with Crippen LogP contribution in [0.5, 0.6) is 0 Å². The van der Waals surface area contributed by atoms with E-state index in [1.165, 1.54) is 6.07 Å². The molecule has 120 valence electrons. The zero-order chi connectivity index (χ0) is 16.6. The number of rotatable bonds is 3. The predicted octanol–water partition coefficient (Wildman–Crippen LogP) is 1.64. The van der Waals surface area contributed by atoms with Crippen LogP contribution in [0, 0.1) is 0 Å². The normalized spacial score (nSPS) is 13.6. The molecule has 0 radical (unpaired) electrons. The van der Waals surface area contributed by atoms with Crippen molar-refractivity contribution in [2.75, 3.05) is 0 Å². The molecule has 3 rings (SSSR count). The summed E-state index contributed by atoms with van der Waals surface area (Å²) in [6.07, 6.45) is 3.89. The van der Waals surface area contributed by atoms with Crippen molar-refractivity contribution in [3.63, 3.8) is 0 Å². The number of nitrogens with one attached hydrogen (secondary N) is 2. The van der Waals surface area contributed by atoms with E-state index in [-0.39, 0.29) is 15.5 Å². The lowest BCUT2D eigenvalue weighted by atomic mass is 10.1. The van der Waals surface area contributed by atoms with E-state index in [0.717, 1.165) is 42.7 Å². The van der Waals surface area contributed by atoms with Crippen LogP contribution in [0.25, 0.3) is 0 Å². The topological polar surface area (TPSA) is 96.1 Å². The zero-order valence-corrected chi connectivity index (χ0v) is 13.5. The Kier molecular flexibility index (Phi) is 3.99. The van der Waals surface area contributed by atoms with Crippen LogP contribution in [-0.4, -0.2) is 19.3 Å². The van der Waals surface area contributed by atoms with Crippen molar-refractivity contribution in [1.29, 1.82) is 0 Å². The second-order valence-electron chi connectivity index (χ2n) is 5.28. The summed E-state index contributed by atoms with van der Waals surface area (Å²) >= 11 is 5.64. The Morgan fingerprint density at radius 1 is 1.17 bits per heavy atom. The number of halogens is 1. The van der Waals surface area contributed by atoms with Crippen LogP contribution in [-0.2, 0) is 22.9 Å². The summed E-state index contributed by atoms with van der Waals surface area (Å²) < 4.78 is 26.6. The zero-order valence-electron chi connectivity index (χ0n) is 11.9. The Labute approximate surface area is 137 Å². The van der Waals surface area contributed by atoms with Crippen LogP contribution in [0.4, 0.5) is 0 Å². The van der Waals surface area contributed by atoms with Crippen molar-refractivity contribution in [1.82, 2.24) is 9.71 Å². The van der Waals surface area contributed by atoms with Gasteiger partial charge in [0.1, 0.15) is 5.02 Å². The van der Waals surface area contributed by atoms with Crippen LogP contribution in [0.3, 0.4) is 0 Å². The molecule has 0 atom stereocenters. The van der Waals surface area contributed by atoms with Crippen LogP contribution < -0.4 is 10.3 Å². The Balaban J connectivity index is 1.87. The SMILES string of the molecule is O=C(NS(=O)(=O)c1ccc2c(c1)CCC2)c1c[nH]c(=O)c(Cl)c1. The van der Waals surface area contributed by atoms with E-state index in [1.807, 2.05) is 4.72 Å². The molecular formula is C15H13ClN2O4S. The highest BCUT2D eigenvalue weighted by molar-refractivity contribution is 7.90. The van der Waals surface area contributed by atoms with Gasteiger partial charge in [0.25, 0.3) is 21.5 Å². The van der Waals surface area contributed by atoms with Gasteiger partial charge >= 0.3 is 0 Å². The molecule has 0 saturated carbocycles. The molecule has 0 spiro atoms. The number of amides is 1. The molecule has 0 unspecified atom stereocenters. The molecule has 0 bridgehead atoms. The molecule has 23 heavy (non-hydrogen) atoms. The fourth-order valence-electron chi connectivity index (χ4n) is 2.54. The van der Waals surface area contributed by atoms with Crippen molar-refractivity contribution in [2.24, 2.45) is 0 Å². The number of benzene rings is 1. The van der Waals surface area contributed by atoms with Gasteiger partial charge < -0.3 is 4.98 Å². The van der Waals surface area contributed by atoms with Gasteiger partial charge in [-0.25, -0.2) is 13.1 Å². The van der Waals surface area contributed by atoms with E-state index >= 15 is 0 Å². The first-order valence-corrected chi connectivity index (χ1v) is 8.80. The number of aromatic nitrogens is 1. The number of carbonyl (C=O) groups is 1. The molecule has 8 heteroatoms. The lowest BCUT2D eigenvalue weighted by molar-refractivity contribution is 0.0981. The first kappa shape index (κ1) is 15.8. The minimum absolute atomic E-state index is 0.0423. The minimum atomic E-state index is -3.99. The first-order chi connectivity index (χ1) is 10.9. The highest BCUT2D eigenvalue weighted by Gasteiger charge is 2.21. The van der Waals surface area contributed by atoms with Crippen molar-refractivity contribution in [3.8, 4) is 0 Å². The third kappa shape index (κ3) is 3.16. The third-order valence-corrected chi connectivity index (χ3v) is 5.34. The summed E-state index contributed by atoms with van der Waals surface area (Å²) in [6, 6.07) is 5.98. The number of aryl methyl sites for hydroxylation is 2. The number of fused-ring (bicyclic) bond motifs is 1. The highest BCUT2D eigenvalue weighted by atomic mass is 35.5. The van der Waals surface area contributed by atoms with Gasteiger partial charge in [0.05, 0.1) is 10.5 Å². The second kappa shape index (κ2) is 5.82.